The number of carbonyl (C=O) groups is 3. The summed E-state index contributed by atoms with van der Waals surface area (Å²) in [5.41, 5.74) is -0.234. The van der Waals surface area contributed by atoms with Crippen molar-refractivity contribution in [1.29, 1.82) is 0 Å². The first kappa shape index (κ1) is 22.9. The summed E-state index contributed by atoms with van der Waals surface area (Å²) in [7, 11) is 0. The van der Waals surface area contributed by atoms with Crippen molar-refractivity contribution in [1.82, 2.24) is 9.80 Å². The lowest BCUT2D eigenvalue weighted by molar-refractivity contribution is -0.160. The van der Waals surface area contributed by atoms with Gasteiger partial charge in [-0.2, -0.15) is 0 Å². The molecule has 0 spiro atoms. The van der Waals surface area contributed by atoms with Gasteiger partial charge in [0.05, 0.1) is 12.9 Å². The third-order valence-electron chi connectivity index (χ3n) is 5.47. The molecule has 3 aliphatic rings. The van der Waals surface area contributed by atoms with E-state index < -0.39 is 29.0 Å². The fourth-order valence-electron chi connectivity index (χ4n) is 3.93. The van der Waals surface area contributed by atoms with Crippen LogP contribution in [0, 0.1) is 5.41 Å². The molecule has 30 heavy (non-hydrogen) atoms. The summed E-state index contributed by atoms with van der Waals surface area (Å²) < 4.78 is 9.36. The van der Waals surface area contributed by atoms with E-state index in [9.17, 15) is 14.4 Å². The molecule has 0 aromatic carbocycles. The van der Waals surface area contributed by atoms with Gasteiger partial charge in [-0.05, 0) is 32.1 Å². The van der Waals surface area contributed by atoms with E-state index in [-0.39, 0.29) is 23.3 Å². The molecule has 3 fully saturated rings. The molecule has 0 aromatic rings. The van der Waals surface area contributed by atoms with Crippen LogP contribution in [0.25, 0.3) is 0 Å². The van der Waals surface area contributed by atoms with Gasteiger partial charge in [0.25, 0.3) is 5.91 Å². The Balaban J connectivity index is 1.61. The number of aliphatic imine (C=N–C) groups is 1. The fourth-order valence-corrected chi connectivity index (χ4v) is 5.55. The van der Waals surface area contributed by atoms with Crippen LogP contribution in [-0.4, -0.2) is 76.1 Å². The summed E-state index contributed by atoms with van der Waals surface area (Å²) in [6.07, 6.45) is 5.52. The van der Waals surface area contributed by atoms with Gasteiger partial charge >= 0.3 is 12.1 Å². The Morgan fingerprint density at radius 3 is 2.43 bits per heavy atom. The molecule has 0 aliphatic carbocycles. The average molecular weight is 440 g/mol. The SMILES string of the molecule is CC(C)(C)COC(=O)OC(=O)C1N2C(=O)C(N=CN3CCCCCC3)C2SC1(C)C. The zero-order valence-corrected chi connectivity index (χ0v) is 19.4. The first-order valence-corrected chi connectivity index (χ1v) is 11.5. The van der Waals surface area contributed by atoms with Crippen molar-refractivity contribution in [2.24, 2.45) is 10.4 Å². The first-order valence-electron chi connectivity index (χ1n) is 10.7. The molecular weight excluding hydrogens is 406 g/mol. The highest BCUT2D eigenvalue weighted by Gasteiger charge is 2.64. The second-order valence-electron chi connectivity index (χ2n) is 9.94. The Kier molecular flexibility index (Phi) is 6.69. The van der Waals surface area contributed by atoms with Crippen molar-refractivity contribution in [3.63, 3.8) is 0 Å². The molecule has 3 atom stereocenters. The van der Waals surface area contributed by atoms with E-state index in [0.29, 0.717) is 0 Å². The van der Waals surface area contributed by atoms with Gasteiger partial charge in [-0.15, -0.1) is 11.8 Å². The van der Waals surface area contributed by atoms with E-state index in [0.717, 1.165) is 25.9 Å². The number of esters is 1. The summed E-state index contributed by atoms with van der Waals surface area (Å²) in [6, 6.07) is -1.34. The molecule has 0 aromatic heterocycles. The highest BCUT2D eigenvalue weighted by atomic mass is 32.2. The highest BCUT2D eigenvalue weighted by Crippen LogP contribution is 2.51. The van der Waals surface area contributed by atoms with Gasteiger partial charge in [0.15, 0.2) is 6.04 Å². The molecule has 0 N–H and O–H groups in total. The Hall–Kier alpha value is -1.77. The molecule has 3 heterocycles. The molecule has 8 nitrogen and oxygen atoms in total. The molecule has 1 amide bonds. The van der Waals surface area contributed by atoms with E-state index in [1.54, 1.807) is 6.34 Å². The van der Waals surface area contributed by atoms with Gasteiger partial charge in [0, 0.05) is 17.8 Å². The minimum atomic E-state index is -1.03. The number of amides is 1. The molecular formula is C21H33N3O5S. The van der Waals surface area contributed by atoms with Gasteiger partial charge in [0.2, 0.25) is 0 Å². The van der Waals surface area contributed by atoms with E-state index in [4.69, 9.17) is 9.47 Å². The Labute approximate surface area is 182 Å². The minimum Gasteiger partial charge on any atom is -0.433 e. The number of fused-ring (bicyclic) bond motifs is 1. The molecule has 3 aliphatic heterocycles. The predicted octanol–water partition coefficient (Wildman–Crippen LogP) is 3.05. The lowest BCUT2D eigenvalue weighted by Crippen LogP contribution is -2.65. The van der Waals surface area contributed by atoms with Gasteiger partial charge in [-0.1, -0.05) is 33.6 Å². The van der Waals surface area contributed by atoms with Crippen molar-refractivity contribution in [3.8, 4) is 0 Å². The normalized spacial score (nSPS) is 28.7. The van der Waals surface area contributed by atoms with Crippen molar-refractivity contribution in [2.45, 2.75) is 82.5 Å². The maximum Gasteiger partial charge on any atom is 0.516 e. The van der Waals surface area contributed by atoms with Gasteiger partial charge < -0.3 is 19.3 Å². The number of thioether (sulfide) groups is 1. The fraction of sp³-hybridized carbons (Fsp3) is 0.810. The number of carbonyl (C=O) groups excluding carboxylic acids is 3. The number of hydrogen-bond acceptors (Lipinski definition) is 7. The number of hydrogen-bond donors (Lipinski definition) is 0. The summed E-state index contributed by atoms with van der Waals surface area (Å²) >= 11 is 1.52. The van der Waals surface area contributed by atoms with Crippen LogP contribution >= 0.6 is 11.8 Å². The number of ether oxygens (including phenoxy) is 2. The lowest BCUT2D eigenvalue weighted by atomic mass is 9.96. The summed E-state index contributed by atoms with van der Waals surface area (Å²) in [5, 5.41) is -0.223. The van der Waals surface area contributed by atoms with Crippen LogP contribution in [0.2, 0.25) is 0 Å². The largest absolute Gasteiger partial charge is 0.516 e. The predicted molar refractivity (Wildman–Crippen MR) is 115 cm³/mol. The number of nitrogens with zero attached hydrogens (tertiary/aromatic N) is 3. The number of rotatable bonds is 4. The van der Waals surface area contributed by atoms with Crippen LogP contribution in [0.15, 0.2) is 4.99 Å². The molecule has 3 unspecified atom stereocenters. The zero-order chi connectivity index (χ0) is 22.1. The van der Waals surface area contributed by atoms with Crippen molar-refractivity contribution >= 4 is 36.1 Å². The summed E-state index contributed by atoms with van der Waals surface area (Å²) in [4.78, 5) is 45.6. The van der Waals surface area contributed by atoms with Gasteiger partial charge in [-0.25, -0.2) is 9.59 Å². The Morgan fingerprint density at radius 2 is 1.83 bits per heavy atom. The molecule has 0 bridgehead atoms. The molecule has 168 valence electrons. The summed E-state index contributed by atoms with van der Waals surface area (Å²) in [5.74, 6) is -0.952. The lowest BCUT2D eigenvalue weighted by Gasteiger charge is -2.41. The zero-order valence-electron chi connectivity index (χ0n) is 18.6. The second kappa shape index (κ2) is 8.77. The van der Waals surface area contributed by atoms with Gasteiger partial charge in [-0.3, -0.25) is 9.79 Å². The minimum absolute atomic E-state index is 0.139. The first-order chi connectivity index (χ1) is 14.0. The van der Waals surface area contributed by atoms with Crippen LogP contribution in [0.4, 0.5) is 4.79 Å². The summed E-state index contributed by atoms with van der Waals surface area (Å²) in [6.45, 7) is 11.6. The maximum atomic E-state index is 12.8. The van der Waals surface area contributed by atoms with E-state index >= 15 is 0 Å². The molecule has 0 saturated carbocycles. The van der Waals surface area contributed by atoms with Crippen LogP contribution in [-0.2, 0) is 19.1 Å². The molecule has 0 radical (unpaired) electrons. The number of β-lactam (4-membered cyclic amide) rings is 1. The standard InChI is InChI=1S/C21H33N3O5S/c1-20(2,3)12-28-19(27)29-18(26)15-21(4,5)30-17-14(16(25)24(15)17)22-13-23-10-8-6-7-9-11-23/h13-15,17H,6-12H2,1-5H3. The third kappa shape index (κ3) is 5.10. The van der Waals surface area contributed by atoms with Gasteiger partial charge in [0.1, 0.15) is 11.4 Å². The third-order valence-corrected chi connectivity index (χ3v) is 7.03. The average Bonchev–Trinajstić information content (AvgIpc) is 2.79. The topological polar surface area (TPSA) is 88.5 Å². The van der Waals surface area contributed by atoms with Crippen molar-refractivity contribution in [3.05, 3.63) is 0 Å². The van der Waals surface area contributed by atoms with Crippen LogP contribution in [0.3, 0.4) is 0 Å². The highest BCUT2D eigenvalue weighted by molar-refractivity contribution is 8.01. The smallest absolute Gasteiger partial charge is 0.433 e. The quantitative estimate of drug-likeness (QED) is 0.219. The molecule has 3 rings (SSSR count). The number of likely N-dealkylation sites (tertiary alicyclic amines) is 1. The van der Waals surface area contributed by atoms with Crippen LogP contribution < -0.4 is 0 Å². The Bertz CT molecular complexity index is 710. The van der Waals surface area contributed by atoms with Crippen molar-refractivity contribution < 1.29 is 23.9 Å². The van der Waals surface area contributed by atoms with E-state index in [1.807, 2.05) is 34.6 Å². The van der Waals surface area contributed by atoms with Crippen LogP contribution in [0.1, 0.15) is 60.3 Å². The molecule has 3 saturated heterocycles. The monoisotopic (exact) mass is 439 g/mol. The maximum absolute atomic E-state index is 12.8. The van der Waals surface area contributed by atoms with E-state index in [2.05, 4.69) is 9.89 Å². The van der Waals surface area contributed by atoms with Crippen molar-refractivity contribution in [2.75, 3.05) is 19.7 Å². The van der Waals surface area contributed by atoms with E-state index in [1.165, 1.54) is 29.5 Å². The second-order valence-corrected chi connectivity index (χ2v) is 11.7. The Morgan fingerprint density at radius 1 is 1.20 bits per heavy atom. The van der Waals surface area contributed by atoms with Crippen LogP contribution in [0.5, 0.6) is 0 Å². The molecule has 9 heteroatoms.